The van der Waals surface area contributed by atoms with Crippen LogP contribution < -0.4 is 9.47 Å². The fourth-order valence-electron chi connectivity index (χ4n) is 2.39. The molecular weight excluding hydrogens is 282 g/mol. The van der Waals surface area contributed by atoms with Crippen molar-refractivity contribution >= 4 is 0 Å². The predicted octanol–water partition coefficient (Wildman–Crippen LogP) is 2.54. The van der Waals surface area contributed by atoms with Crippen LogP contribution in [-0.4, -0.2) is 40.9 Å². The van der Waals surface area contributed by atoms with Gasteiger partial charge in [0.1, 0.15) is 5.69 Å². The van der Waals surface area contributed by atoms with Crippen molar-refractivity contribution < 1.29 is 14.6 Å². The van der Waals surface area contributed by atoms with Gasteiger partial charge in [-0.05, 0) is 30.5 Å². The van der Waals surface area contributed by atoms with E-state index < -0.39 is 0 Å². The van der Waals surface area contributed by atoms with Gasteiger partial charge in [-0.25, -0.2) is 4.68 Å². The molecule has 6 heteroatoms. The zero-order chi connectivity index (χ0) is 16.1. The van der Waals surface area contributed by atoms with Crippen molar-refractivity contribution in [1.29, 1.82) is 0 Å². The van der Waals surface area contributed by atoms with Gasteiger partial charge >= 0.3 is 0 Å². The van der Waals surface area contributed by atoms with Crippen molar-refractivity contribution in [2.45, 2.75) is 26.3 Å². The number of rotatable bonds is 7. The van der Waals surface area contributed by atoms with Crippen LogP contribution in [0.5, 0.6) is 11.5 Å². The molecule has 2 aromatic rings. The number of aromatic nitrogens is 3. The van der Waals surface area contributed by atoms with Crippen LogP contribution >= 0.6 is 0 Å². The fraction of sp³-hybridized carbons (Fsp3) is 0.500. The highest BCUT2D eigenvalue weighted by atomic mass is 16.5. The normalized spacial score (nSPS) is 12.5. The maximum Gasteiger partial charge on any atom is 0.161 e. The van der Waals surface area contributed by atoms with Crippen LogP contribution in [0.2, 0.25) is 0 Å². The Morgan fingerprint density at radius 2 is 1.91 bits per heavy atom. The Bertz CT molecular complexity index is 610. The SMILES string of the molecule is COc1ccc(-c2cn([C@H](CO)CC(C)C)nn2)cc1OC. The molecule has 0 aliphatic heterocycles. The topological polar surface area (TPSA) is 69.4 Å². The molecule has 0 spiro atoms. The summed E-state index contributed by atoms with van der Waals surface area (Å²) in [6.45, 7) is 4.29. The smallest absolute Gasteiger partial charge is 0.161 e. The fourth-order valence-corrected chi connectivity index (χ4v) is 2.39. The van der Waals surface area contributed by atoms with Gasteiger partial charge in [-0.2, -0.15) is 0 Å². The van der Waals surface area contributed by atoms with Crippen LogP contribution in [0.3, 0.4) is 0 Å². The Labute approximate surface area is 130 Å². The molecule has 2 rings (SSSR count). The number of hydrogen-bond acceptors (Lipinski definition) is 5. The lowest BCUT2D eigenvalue weighted by Crippen LogP contribution is -2.16. The van der Waals surface area contributed by atoms with E-state index in [0.717, 1.165) is 17.7 Å². The second kappa shape index (κ2) is 7.26. The molecule has 1 atom stereocenters. The van der Waals surface area contributed by atoms with Crippen molar-refractivity contribution in [1.82, 2.24) is 15.0 Å². The highest BCUT2D eigenvalue weighted by molar-refractivity contribution is 5.63. The molecule has 0 saturated heterocycles. The number of aliphatic hydroxyl groups is 1. The minimum absolute atomic E-state index is 0.0485. The zero-order valence-corrected chi connectivity index (χ0v) is 13.5. The number of methoxy groups -OCH3 is 2. The third-order valence-corrected chi connectivity index (χ3v) is 3.52. The molecule has 0 aliphatic rings. The van der Waals surface area contributed by atoms with E-state index in [1.165, 1.54) is 0 Å². The maximum atomic E-state index is 9.53. The Kier molecular flexibility index (Phi) is 5.38. The second-order valence-corrected chi connectivity index (χ2v) is 5.62. The molecule has 0 fully saturated rings. The van der Waals surface area contributed by atoms with Crippen LogP contribution in [0.4, 0.5) is 0 Å². The van der Waals surface area contributed by atoms with E-state index in [4.69, 9.17) is 9.47 Å². The summed E-state index contributed by atoms with van der Waals surface area (Å²) in [5.41, 5.74) is 1.63. The summed E-state index contributed by atoms with van der Waals surface area (Å²) in [5, 5.41) is 17.9. The van der Waals surface area contributed by atoms with Crippen LogP contribution in [0.1, 0.15) is 26.3 Å². The summed E-state index contributed by atoms with van der Waals surface area (Å²) in [7, 11) is 3.20. The lowest BCUT2D eigenvalue weighted by molar-refractivity contribution is 0.196. The van der Waals surface area contributed by atoms with Crippen molar-refractivity contribution in [3.8, 4) is 22.8 Å². The van der Waals surface area contributed by atoms with E-state index in [0.29, 0.717) is 17.4 Å². The molecule has 1 aromatic carbocycles. The van der Waals surface area contributed by atoms with E-state index in [2.05, 4.69) is 24.2 Å². The van der Waals surface area contributed by atoms with Crippen LogP contribution in [-0.2, 0) is 0 Å². The first-order valence-electron chi connectivity index (χ1n) is 7.34. The van der Waals surface area contributed by atoms with Crippen LogP contribution in [0, 0.1) is 5.92 Å². The van der Waals surface area contributed by atoms with Gasteiger partial charge in [-0.1, -0.05) is 19.1 Å². The highest BCUT2D eigenvalue weighted by Crippen LogP contribution is 2.31. The minimum Gasteiger partial charge on any atom is -0.493 e. The number of ether oxygens (including phenoxy) is 2. The van der Waals surface area contributed by atoms with Crippen molar-refractivity contribution in [2.75, 3.05) is 20.8 Å². The van der Waals surface area contributed by atoms with Crippen molar-refractivity contribution in [3.63, 3.8) is 0 Å². The molecule has 0 amide bonds. The molecule has 22 heavy (non-hydrogen) atoms. The summed E-state index contributed by atoms with van der Waals surface area (Å²) in [6, 6.07) is 5.56. The van der Waals surface area contributed by atoms with Gasteiger partial charge in [0.05, 0.1) is 33.1 Å². The van der Waals surface area contributed by atoms with Gasteiger partial charge in [-0.15, -0.1) is 5.10 Å². The third-order valence-electron chi connectivity index (χ3n) is 3.52. The lowest BCUT2D eigenvalue weighted by Gasteiger charge is -2.15. The molecule has 0 unspecified atom stereocenters. The number of aliphatic hydroxyl groups excluding tert-OH is 1. The largest absolute Gasteiger partial charge is 0.493 e. The molecular formula is C16H23N3O3. The van der Waals surface area contributed by atoms with E-state index in [1.807, 2.05) is 24.4 Å². The Balaban J connectivity index is 2.27. The van der Waals surface area contributed by atoms with Crippen LogP contribution in [0.25, 0.3) is 11.3 Å². The van der Waals surface area contributed by atoms with Gasteiger partial charge < -0.3 is 14.6 Å². The number of hydrogen-bond donors (Lipinski definition) is 1. The first-order chi connectivity index (χ1) is 10.6. The third kappa shape index (κ3) is 3.57. The molecule has 1 aromatic heterocycles. The summed E-state index contributed by atoms with van der Waals surface area (Å²) in [5.74, 6) is 1.80. The summed E-state index contributed by atoms with van der Waals surface area (Å²) >= 11 is 0. The average Bonchev–Trinajstić information content (AvgIpc) is 3.01. The standard InChI is InChI=1S/C16H23N3O3/c1-11(2)7-13(10-20)19-9-14(17-18-19)12-5-6-15(21-3)16(8-12)22-4/h5-6,8-9,11,13,20H,7,10H2,1-4H3/t13-/m0/s1. The van der Waals surface area contributed by atoms with Crippen molar-refractivity contribution in [2.24, 2.45) is 5.92 Å². The lowest BCUT2D eigenvalue weighted by atomic mass is 10.0. The number of nitrogens with zero attached hydrogens (tertiary/aromatic N) is 3. The molecule has 0 bridgehead atoms. The summed E-state index contributed by atoms with van der Waals surface area (Å²) in [6.07, 6.45) is 2.70. The Hall–Kier alpha value is -2.08. The quantitative estimate of drug-likeness (QED) is 0.851. The summed E-state index contributed by atoms with van der Waals surface area (Å²) < 4.78 is 12.3. The van der Waals surface area contributed by atoms with Gasteiger partial charge in [0.15, 0.2) is 11.5 Å². The van der Waals surface area contributed by atoms with E-state index in [9.17, 15) is 5.11 Å². The predicted molar refractivity (Wildman–Crippen MR) is 84.1 cm³/mol. The van der Waals surface area contributed by atoms with Gasteiger partial charge in [-0.3, -0.25) is 0 Å². The highest BCUT2D eigenvalue weighted by Gasteiger charge is 2.15. The Morgan fingerprint density at radius 1 is 1.18 bits per heavy atom. The number of benzene rings is 1. The molecule has 0 aliphatic carbocycles. The molecule has 6 nitrogen and oxygen atoms in total. The minimum atomic E-state index is -0.0543. The van der Waals surface area contributed by atoms with Gasteiger partial charge in [0.25, 0.3) is 0 Å². The monoisotopic (exact) mass is 305 g/mol. The average molecular weight is 305 g/mol. The van der Waals surface area contributed by atoms with E-state index in [1.54, 1.807) is 18.9 Å². The first kappa shape index (κ1) is 16.3. The first-order valence-corrected chi connectivity index (χ1v) is 7.34. The van der Waals surface area contributed by atoms with Gasteiger partial charge in [0.2, 0.25) is 0 Å². The second-order valence-electron chi connectivity index (χ2n) is 5.62. The van der Waals surface area contributed by atoms with Gasteiger partial charge in [0, 0.05) is 5.56 Å². The molecule has 1 N–H and O–H groups in total. The molecule has 1 heterocycles. The molecule has 0 saturated carbocycles. The molecule has 0 radical (unpaired) electrons. The van der Waals surface area contributed by atoms with Crippen LogP contribution in [0.15, 0.2) is 24.4 Å². The summed E-state index contributed by atoms with van der Waals surface area (Å²) in [4.78, 5) is 0. The van der Waals surface area contributed by atoms with E-state index >= 15 is 0 Å². The molecule has 120 valence electrons. The maximum absolute atomic E-state index is 9.53. The van der Waals surface area contributed by atoms with E-state index in [-0.39, 0.29) is 12.6 Å². The Morgan fingerprint density at radius 3 is 2.50 bits per heavy atom. The zero-order valence-electron chi connectivity index (χ0n) is 13.5. The van der Waals surface area contributed by atoms with Crippen molar-refractivity contribution in [3.05, 3.63) is 24.4 Å².